The number of carbonyl (C=O) groups is 2. The van der Waals surface area contributed by atoms with Gasteiger partial charge in [0.05, 0.1) is 19.8 Å². The van der Waals surface area contributed by atoms with Crippen molar-refractivity contribution in [2.75, 3.05) is 32.9 Å². The van der Waals surface area contributed by atoms with Crippen LogP contribution < -0.4 is 5.32 Å². The number of hydrogen-bond acceptors (Lipinski definition) is 7. The minimum atomic E-state index is -1.01. The SMILES string of the molecule is CCOC(=O)[C@H]1C(=O)NC(N2CCOCC2)=N[C@@H]1c1cccnc1. The first-order valence-electron chi connectivity index (χ1n) is 7.98. The molecule has 1 N–H and O–H groups in total. The molecule has 3 heterocycles. The quantitative estimate of drug-likeness (QED) is 0.624. The van der Waals surface area contributed by atoms with Gasteiger partial charge in [0.1, 0.15) is 6.04 Å². The fourth-order valence-electron chi connectivity index (χ4n) is 2.79. The van der Waals surface area contributed by atoms with Gasteiger partial charge in [0, 0.05) is 25.5 Å². The summed E-state index contributed by atoms with van der Waals surface area (Å²) in [4.78, 5) is 35.5. The molecule has 0 saturated carbocycles. The number of ether oxygens (including phenoxy) is 2. The maximum absolute atomic E-state index is 12.6. The van der Waals surface area contributed by atoms with E-state index in [-0.39, 0.29) is 6.61 Å². The lowest BCUT2D eigenvalue weighted by Gasteiger charge is -2.35. The fraction of sp³-hybridized carbons (Fsp3) is 0.500. The van der Waals surface area contributed by atoms with Crippen LogP contribution in [0.5, 0.6) is 0 Å². The molecule has 128 valence electrons. The van der Waals surface area contributed by atoms with E-state index in [0.717, 1.165) is 0 Å². The first-order valence-corrected chi connectivity index (χ1v) is 7.98. The fourth-order valence-corrected chi connectivity index (χ4v) is 2.79. The number of aromatic nitrogens is 1. The highest BCUT2D eigenvalue weighted by molar-refractivity contribution is 6.08. The molecule has 0 bridgehead atoms. The molecular formula is C16H20N4O4. The van der Waals surface area contributed by atoms with Crippen molar-refractivity contribution in [3.05, 3.63) is 30.1 Å². The second kappa shape index (κ2) is 7.39. The number of morpholine rings is 1. The predicted molar refractivity (Wildman–Crippen MR) is 85.1 cm³/mol. The van der Waals surface area contributed by atoms with Crippen molar-refractivity contribution in [2.24, 2.45) is 10.9 Å². The molecule has 0 aromatic carbocycles. The molecule has 0 spiro atoms. The van der Waals surface area contributed by atoms with Gasteiger partial charge in [-0.1, -0.05) is 6.07 Å². The van der Waals surface area contributed by atoms with E-state index < -0.39 is 23.8 Å². The number of aliphatic imine (C=N–C) groups is 1. The van der Waals surface area contributed by atoms with E-state index in [9.17, 15) is 9.59 Å². The summed E-state index contributed by atoms with van der Waals surface area (Å²) in [7, 11) is 0. The molecule has 2 atom stereocenters. The molecule has 8 heteroatoms. The standard InChI is InChI=1S/C16H20N4O4/c1-2-24-15(22)12-13(11-4-3-5-17-10-11)18-16(19-14(12)21)20-6-8-23-9-7-20/h3-5,10,12-13H,2,6-9H2,1H3,(H,18,19,21)/t12-,13-/m1/s1. The van der Waals surface area contributed by atoms with Gasteiger partial charge in [-0.3, -0.25) is 19.9 Å². The van der Waals surface area contributed by atoms with Crippen LogP contribution in [0.15, 0.2) is 29.5 Å². The van der Waals surface area contributed by atoms with Crippen molar-refractivity contribution in [3.63, 3.8) is 0 Å². The Morgan fingerprint density at radius 3 is 2.92 bits per heavy atom. The van der Waals surface area contributed by atoms with E-state index >= 15 is 0 Å². The van der Waals surface area contributed by atoms with Gasteiger partial charge in [-0.05, 0) is 18.6 Å². The lowest BCUT2D eigenvalue weighted by Crippen LogP contribution is -2.55. The number of nitrogens with one attached hydrogen (secondary N) is 1. The second-order valence-electron chi connectivity index (χ2n) is 5.50. The topological polar surface area (TPSA) is 93.1 Å². The Kier molecular flexibility index (Phi) is 5.05. The molecule has 3 rings (SSSR count). The number of hydrogen-bond donors (Lipinski definition) is 1. The van der Waals surface area contributed by atoms with Crippen LogP contribution in [-0.2, 0) is 19.1 Å². The van der Waals surface area contributed by atoms with E-state index in [0.29, 0.717) is 37.8 Å². The highest BCUT2D eigenvalue weighted by atomic mass is 16.5. The van der Waals surface area contributed by atoms with E-state index in [1.807, 2.05) is 11.0 Å². The molecule has 0 unspecified atom stereocenters. The van der Waals surface area contributed by atoms with Gasteiger partial charge in [-0.25, -0.2) is 4.99 Å². The zero-order chi connectivity index (χ0) is 16.9. The molecule has 2 aliphatic rings. The molecular weight excluding hydrogens is 312 g/mol. The summed E-state index contributed by atoms with van der Waals surface area (Å²) in [6.07, 6.45) is 3.26. The van der Waals surface area contributed by atoms with Crippen molar-refractivity contribution in [1.29, 1.82) is 0 Å². The number of guanidine groups is 1. The Morgan fingerprint density at radius 2 is 2.25 bits per heavy atom. The highest BCUT2D eigenvalue weighted by Gasteiger charge is 2.42. The second-order valence-corrected chi connectivity index (χ2v) is 5.50. The van der Waals surface area contributed by atoms with Crippen LogP contribution >= 0.6 is 0 Å². The maximum Gasteiger partial charge on any atom is 0.321 e. The lowest BCUT2D eigenvalue weighted by atomic mass is 9.92. The van der Waals surface area contributed by atoms with Gasteiger partial charge in [0.15, 0.2) is 5.92 Å². The summed E-state index contributed by atoms with van der Waals surface area (Å²) in [6, 6.07) is 2.92. The van der Waals surface area contributed by atoms with Crippen LogP contribution in [0.2, 0.25) is 0 Å². The summed E-state index contributed by atoms with van der Waals surface area (Å²) >= 11 is 0. The zero-order valence-electron chi connectivity index (χ0n) is 13.5. The van der Waals surface area contributed by atoms with Crippen LogP contribution in [0, 0.1) is 5.92 Å². The molecule has 1 saturated heterocycles. The van der Waals surface area contributed by atoms with E-state index in [1.165, 1.54) is 0 Å². The Balaban J connectivity index is 1.94. The molecule has 0 radical (unpaired) electrons. The van der Waals surface area contributed by atoms with Gasteiger partial charge in [-0.2, -0.15) is 0 Å². The Morgan fingerprint density at radius 1 is 1.46 bits per heavy atom. The van der Waals surface area contributed by atoms with Crippen LogP contribution in [-0.4, -0.2) is 60.6 Å². The summed E-state index contributed by atoms with van der Waals surface area (Å²) in [5, 5.41) is 2.74. The summed E-state index contributed by atoms with van der Waals surface area (Å²) < 4.78 is 10.4. The normalized spacial score (nSPS) is 24.1. The molecule has 8 nitrogen and oxygen atoms in total. The Labute approximate surface area is 139 Å². The first-order chi connectivity index (χ1) is 11.7. The van der Waals surface area contributed by atoms with Crippen LogP contribution in [0.4, 0.5) is 0 Å². The Bertz CT molecular complexity index is 628. The minimum Gasteiger partial charge on any atom is -0.465 e. The molecule has 1 aromatic rings. The zero-order valence-corrected chi connectivity index (χ0v) is 13.5. The van der Waals surface area contributed by atoms with Gasteiger partial charge in [0.2, 0.25) is 11.9 Å². The van der Waals surface area contributed by atoms with Gasteiger partial charge >= 0.3 is 5.97 Å². The van der Waals surface area contributed by atoms with Crippen LogP contribution in [0.3, 0.4) is 0 Å². The van der Waals surface area contributed by atoms with Gasteiger partial charge in [0.25, 0.3) is 0 Å². The predicted octanol–water partition coefficient (Wildman–Crippen LogP) is 0.120. The Hall–Kier alpha value is -2.48. The van der Waals surface area contributed by atoms with Crippen molar-refractivity contribution >= 4 is 17.8 Å². The molecule has 2 aliphatic heterocycles. The summed E-state index contributed by atoms with van der Waals surface area (Å²) in [5.74, 6) is -1.52. The smallest absolute Gasteiger partial charge is 0.321 e. The molecule has 1 fully saturated rings. The molecule has 0 aliphatic carbocycles. The average molecular weight is 332 g/mol. The van der Waals surface area contributed by atoms with Crippen molar-refractivity contribution in [1.82, 2.24) is 15.2 Å². The average Bonchev–Trinajstić information content (AvgIpc) is 2.62. The molecule has 1 amide bonds. The number of nitrogens with zero attached hydrogens (tertiary/aromatic N) is 3. The lowest BCUT2D eigenvalue weighted by molar-refractivity contribution is -0.153. The van der Waals surface area contributed by atoms with E-state index in [1.54, 1.807) is 25.4 Å². The number of rotatable bonds is 3. The number of carbonyl (C=O) groups excluding carboxylic acids is 2. The van der Waals surface area contributed by atoms with E-state index in [4.69, 9.17) is 9.47 Å². The third kappa shape index (κ3) is 3.38. The van der Waals surface area contributed by atoms with Crippen LogP contribution in [0.1, 0.15) is 18.5 Å². The minimum absolute atomic E-state index is 0.211. The van der Waals surface area contributed by atoms with E-state index in [2.05, 4.69) is 15.3 Å². The highest BCUT2D eigenvalue weighted by Crippen LogP contribution is 2.30. The number of esters is 1. The van der Waals surface area contributed by atoms with Gasteiger partial charge < -0.3 is 14.4 Å². The van der Waals surface area contributed by atoms with Crippen molar-refractivity contribution in [3.8, 4) is 0 Å². The maximum atomic E-state index is 12.6. The number of amides is 1. The number of pyridine rings is 1. The largest absolute Gasteiger partial charge is 0.465 e. The van der Waals surface area contributed by atoms with Crippen molar-refractivity contribution in [2.45, 2.75) is 13.0 Å². The van der Waals surface area contributed by atoms with Gasteiger partial charge in [-0.15, -0.1) is 0 Å². The summed E-state index contributed by atoms with van der Waals surface area (Å²) in [5.41, 5.74) is 0.705. The monoisotopic (exact) mass is 332 g/mol. The molecule has 24 heavy (non-hydrogen) atoms. The third-order valence-electron chi connectivity index (χ3n) is 3.97. The van der Waals surface area contributed by atoms with Crippen LogP contribution in [0.25, 0.3) is 0 Å². The molecule has 1 aromatic heterocycles. The van der Waals surface area contributed by atoms with Crippen molar-refractivity contribution < 1.29 is 19.1 Å². The third-order valence-corrected chi connectivity index (χ3v) is 3.97. The first kappa shape index (κ1) is 16.4. The summed E-state index contributed by atoms with van der Waals surface area (Å²) in [6.45, 7) is 4.36.